The van der Waals surface area contributed by atoms with E-state index >= 15 is 0 Å². The lowest BCUT2D eigenvalue weighted by molar-refractivity contribution is -0.447. The molecule has 0 aliphatic carbocycles. The van der Waals surface area contributed by atoms with E-state index in [9.17, 15) is 9.90 Å². The third-order valence-corrected chi connectivity index (χ3v) is 1.63. The van der Waals surface area contributed by atoms with Gasteiger partial charge >= 0.3 is 0 Å². The normalized spacial score (nSPS) is 16.8. The third kappa shape index (κ3) is 2.46. The second-order valence-electron chi connectivity index (χ2n) is 2.31. The first-order chi connectivity index (χ1) is 4.09. The highest BCUT2D eigenvalue weighted by Gasteiger charge is 2.14. The second kappa shape index (κ2) is 3.45. The molecular weight excluding hydrogens is 119 g/mol. The van der Waals surface area contributed by atoms with Crippen LogP contribution in [0.3, 0.4) is 0 Å². The molecule has 0 aromatic rings. The van der Waals surface area contributed by atoms with Crippen molar-refractivity contribution in [2.24, 2.45) is 5.92 Å². The lowest BCUT2D eigenvalue weighted by Gasteiger charge is -2.14. The molecule has 3 N–H and O–H groups in total. The van der Waals surface area contributed by atoms with Gasteiger partial charge < -0.3 is 15.6 Å². The minimum atomic E-state index is -1.05. The Kier molecular flexibility index (Phi) is 3.24. The molecule has 3 heteroatoms. The molecule has 0 unspecified atom stereocenters. The first-order valence-electron chi connectivity index (χ1n) is 3.13. The standard InChI is InChI=1S/C6H13NO2/c1-3-4(2)5(7)6(8)9/h4-5H,3,7H2,1-2H3,(H,8,9)/t4-,5+/m1/s1/i2+1. The molecule has 0 saturated carbocycles. The van der Waals surface area contributed by atoms with Crippen LogP contribution < -0.4 is 10.8 Å². The minimum absolute atomic E-state index is 0.120. The van der Waals surface area contributed by atoms with Crippen LogP contribution in [0.25, 0.3) is 0 Å². The van der Waals surface area contributed by atoms with Crippen molar-refractivity contribution in [1.82, 2.24) is 0 Å². The number of carboxylic acid groups (broad SMARTS) is 1. The van der Waals surface area contributed by atoms with Crippen LogP contribution in [-0.2, 0) is 4.79 Å². The van der Waals surface area contributed by atoms with E-state index in [0.717, 1.165) is 6.42 Å². The van der Waals surface area contributed by atoms with Gasteiger partial charge in [0.1, 0.15) is 6.04 Å². The predicted octanol–water partition coefficient (Wildman–Crippen LogP) is -1.61. The summed E-state index contributed by atoms with van der Waals surface area (Å²) in [4.78, 5) is 10.1. The van der Waals surface area contributed by atoms with E-state index in [0.29, 0.717) is 0 Å². The van der Waals surface area contributed by atoms with Gasteiger partial charge in [-0.1, -0.05) is 13.8 Å². The molecule has 54 valence electrons. The number of rotatable bonds is 3. The monoisotopic (exact) mass is 132 g/mol. The summed E-state index contributed by atoms with van der Waals surface area (Å²) in [6.45, 7) is 3.79. The van der Waals surface area contributed by atoms with Gasteiger partial charge in [0.05, 0.1) is 5.97 Å². The van der Waals surface area contributed by atoms with Gasteiger partial charge in [0.25, 0.3) is 0 Å². The second-order valence-corrected chi connectivity index (χ2v) is 2.31. The Morgan fingerprint density at radius 1 is 1.78 bits per heavy atom. The van der Waals surface area contributed by atoms with Crippen molar-refractivity contribution in [2.45, 2.75) is 26.3 Å². The quantitative estimate of drug-likeness (QED) is 0.469. The smallest absolute Gasteiger partial charge is 0.127 e. The van der Waals surface area contributed by atoms with E-state index in [2.05, 4.69) is 5.73 Å². The van der Waals surface area contributed by atoms with Crippen LogP contribution in [-0.4, -0.2) is 12.0 Å². The van der Waals surface area contributed by atoms with Gasteiger partial charge in [-0.15, -0.1) is 0 Å². The minimum Gasteiger partial charge on any atom is -0.544 e. The Morgan fingerprint density at radius 2 is 2.22 bits per heavy atom. The van der Waals surface area contributed by atoms with E-state index in [4.69, 9.17) is 0 Å². The topological polar surface area (TPSA) is 67.8 Å². The fourth-order valence-electron chi connectivity index (χ4n) is 0.517. The van der Waals surface area contributed by atoms with E-state index < -0.39 is 12.0 Å². The maximum Gasteiger partial charge on any atom is 0.127 e. The summed E-state index contributed by atoms with van der Waals surface area (Å²) in [7, 11) is 0. The van der Waals surface area contributed by atoms with Crippen LogP contribution in [0.1, 0.15) is 20.3 Å². The van der Waals surface area contributed by atoms with Gasteiger partial charge in [0.2, 0.25) is 0 Å². The van der Waals surface area contributed by atoms with Gasteiger partial charge in [-0.25, -0.2) is 0 Å². The Bertz CT molecular complexity index is 103. The molecule has 0 heterocycles. The fourth-order valence-corrected chi connectivity index (χ4v) is 0.517. The molecule has 0 fully saturated rings. The van der Waals surface area contributed by atoms with Gasteiger partial charge in [0.15, 0.2) is 0 Å². The lowest BCUT2D eigenvalue weighted by Crippen LogP contribution is -2.70. The summed E-state index contributed by atoms with van der Waals surface area (Å²) in [6, 6.07) is -0.560. The van der Waals surface area contributed by atoms with Crippen molar-refractivity contribution < 1.29 is 15.6 Å². The Balaban J connectivity index is 3.72. The van der Waals surface area contributed by atoms with E-state index in [1.54, 1.807) is 0 Å². The van der Waals surface area contributed by atoms with Crippen molar-refractivity contribution in [3.8, 4) is 0 Å². The molecular formula is C6H13NO2. The average molecular weight is 132 g/mol. The molecule has 0 aliphatic heterocycles. The summed E-state index contributed by atoms with van der Waals surface area (Å²) in [5.74, 6) is -0.931. The van der Waals surface area contributed by atoms with E-state index in [-0.39, 0.29) is 5.92 Å². The zero-order valence-corrected chi connectivity index (χ0v) is 5.89. The van der Waals surface area contributed by atoms with Crippen LogP contribution >= 0.6 is 0 Å². The number of carbonyl (C=O) groups is 1. The number of carbonyl (C=O) groups excluding carboxylic acids is 1. The van der Waals surface area contributed by atoms with Crippen LogP contribution in [0.2, 0.25) is 0 Å². The summed E-state index contributed by atoms with van der Waals surface area (Å²) in [5, 5.41) is 10.1. The highest BCUT2D eigenvalue weighted by atomic mass is 16.4. The Labute approximate surface area is 54.9 Å². The van der Waals surface area contributed by atoms with Gasteiger partial charge in [0, 0.05) is 5.92 Å². The van der Waals surface area contributed by atoms with Crippen molar-refractivity contribution in [2.75, 3.05) is 0 Å². The largest absolute Gasteiger partial charge is 0.544 e. The molecule has 0 spiro atoms. The maximum atomic E-state index is 10.1. The lowest BCUT2D eigenvalue weighted by atomic mass is 10.1. The van der Waals surface area contributed by atoms with E-state index in [1.165, 1.54) is 0 Å². The van der Waals surface area contributed by atoms with Crippen LogP contribution in [0, 0.1) is 5.92 Å². The fraction of sp³-hybridized carbons (Fsp3) is 0.833. The molecule has 2 atom stereocenters. The SMILES string of the molecule is CC[C@@H]([13CH3])[C@H]([NH3+])C(=O)[O-]. The Hall–Kier alpha value is -0.570. The summed E-state index contributed by atoms with van der Waals surface area (Å²) >= 11 is 0. The van der Waals surface area contributed by atoms with Crippen molar-refractivity contribution in [3.63, 3.8) is 0 Å². The summed E-state index contributed by atoms with van der Waals surface area (Å²) in [5.41, 5.74) is 3.45. The molecule has 0 rings (SSSR count). The summed E-state index contributed by atoms with van der Waals surface area (Å²) < 4.78 is 0. The van der Waals surface area contributed by atoms with Gasteiger partial charge in [-0.3, -0.25) is 0 Å². The zero-order valence-electron chi connectivity index (χ0n) is 5.89. The highest BCUT2D eigenvalue weighted by molar-refractivity contribution is 5.69. The third-order valence-electron chi connectivity index (χ3n) is 1.63. The Morgan fingerprint density at radius 3 is 2.33 bits per heavy atom. The number of carboxylic acids is 1. The molecule has 0 aliphatic rings. The number of hydrogen-bond acceptors (Lipinski definition) is 2. The molecule has 0 bridgehead atoms. The number of aliphatic carboxylic acids is 1. The number of hydrogen-bond donors (Lipinski definition) is 1. The summed E-state index contributed by atoms with van der Waals surface area (Å²) in [6.07, 6.45) is 0.835. The molecule has 0 radical (unpaired) electrons. The highest BCUT2D eigenvalue weighted by Crippen LogP contribution is 2.01. The molecule has 3 nitrogen and oxygen atoms in total. The van der Waals surface area contributed by atoms with Gasteiger partial charge in [-0.2, -0.15) is 0 Å². The molecule has 0 aromatic carbocycles. The molecule has 0 aromatic heterocycles. The van der Waals surface area contributed by atoms with Crippen molar-refractivity contribution in [3.05, 3.63) is 0 Å². The zero-order chi connectivity index (χ0) is 7.44. The predicted molar refractivity (Wildman–Crippen MR) is 31.1 cm³/mol. The molecule has 9 heavy (non-hydrogen) atoms. The van der Waals surface area contributed by atoms with E-state index in [1.807, 2.05) is 13.8 Å². The molecule has 0 saturated heterocycles. The van der Waals surface area contributed by atoms with Gasteiger partial charge in [-0.05, 0) is 6.42 Å². The first kappa shape index (κ1) is 8.43. The van der Waals surface area contributed by atoms with Crippen molar-refractivity contribution in [1.29, 1.82) is 0 Å². The van der Waals surface area contributed by atoms with Crippen LogP contribution in [0.15, 0.2) is 0 Å². The number of quaternary nitrogens is 1. The van der Waals surface area contributed by atoms with Crippen molar-refractivity contribution >= 4 is 5.97 Å². The first-order valence-corrected chi connectivity index (χ1v) is 3.13. The van der Waals surface area contributed by atoms with Crippen LogP contribution in [0.4, 0.5) is 0 Å². The maximum absolute atomic E-state index is 10.1. The average Bonchev–Trinajstić information content (AvgIpc) is 1.84. The molecule has 0 amide bonds. The van der Waals surface area contributed by atoms with Crippen LogP contribution in [0.5, 0.6) is 0 Å².